The van der Waals surface area contributed by atoms with E-state index >= 15 is 0 Å². The standard InChI is InChI=1S/C21H19N3O3/c1-14-3-2-4-15(11-14)24-21(25)18-12-17(7-8-22-18)23-16-5-6-19-20(13-16)27-10-9-26-19/h2-8,11-13H,9-10H2,1H3,(H,22,23)(H,24,25). The van der Waals surface area contributed by atoms with Crippen molar-refractivity contribution in [2.45, 2.75) is 6.92 Å². The average molecular weight is 361 g/mol. The number of aryl methyl sites for hydroxylation is 1. The zero-order valence-electron chi connectivity index (χ0n) is 14.9. The largest absolute Gasteiger partial charge is 0.486 e. The van der Waals surface area contributed by atoms with Crippen molar-refractivity contribution in [2.24, 2.45) is 0 Å². The minimum atomic E-state index is -0.258. The molecule has 1 aliphatic rings. The molecule has 3 aromatic rings. The van der Waals surface area contributed by atoms with Gasteiger partial charge in [0.05, 0.1) is 0 Å². The summed E-state index contributed by atoms with van der Waals surface area (Å²) < 4.78 is 11.1. The first-order valence-corrected chi connectivity index (χ1v) is 8.68. The highest BCUT2D eigenvalue weighted by molar-refractivity contribution is 6.03. The zero-order chi connectivity index (χ0) is 18.6. The van der Waals surface area contributed by atoms with Crippen molar-refractivity contribution in [1.82, 2.24) is 4.98 Å². The molecule has 1 aliphatic heterocycles. The molecule has 0 spiro atoms. The summed E-state index contributed by atoms with van der Waals surface area (Å²) >= 11 is 0. The van der Waals surface area contributed by atoms with Crippen LogP contribution in [0.1, 0.15) is 16.1 Å². The molecule has 4 rings (SSSR count). The van der Waals surface area contributed by atoms with E-state index in [1.54, 1.807) is 18.3 Å². The molecule has 0 fully saturated rings. The summed E-state index contributed by atoms with van der Waals surface area (Å²) in [4.78, 5) is 16.7. The third kappa shape index (κ3) is 4.00. The topological polar surface area (TPSA) is 72.5 Å². The first-order chi connectivity index (χ1) is 13.2. The normalized spacial score (nSPS) is 12.3. The number of pyridine rings is 1. The van der Waals surface area contributed by atoms with Crippen LogP contribution in [0.5, 0.6) is 11.5 Å². The van der Waals surface area contributed by atoms with Crippen LogP contribution in [0.4, 0.5) is 17.1 Å². The van der Waals surface area contributed by atoms with E-state index in [0.717, 1.165) is 28.4 Å². The van der Waals surface area contributed by atoms with Crippen molar-refractivity contribution in [3.63, 3.8) is 0 Å². The maximum atomic E-state index is 12.5. The first-order valence-electron chi connectivity index (χ1n) is 8.68. The quantitative estimate of drug-likeness (QED) is 0.730. The van der Waals surface area contributed by atoms with Gasteiger partial charge in [-0.25, -0.2) is 0 Å². The fraction of sp³-hybridized carbons (Fsp3) is 0.143. The van der Waals surface area contributed by atoms with Gasteiger partial charge in [0.1, 0.15) is 18.9 Å². The monoisotopic (exact) mass is 361 g/mol. The summed E-state index contributed by atoms with van der Waals surface area (Å²) in [5.74, 6) is 1.18. The average Bonchev–Trinajstić information content (AvgIpc) is 2.68. The van der Waals surface area contributed by atoms with Crippen molar-refractivity contribution in [2.75, 3.05) is 23.8 Å². The Labute approximate surface area is 157 Å². The molecule has 1 aromatic heterocycles. The molecule has 136 valence electrons. The highest BCUT2D eigenvalue weighted by atomic mass is 16.6. The van der Waals surface area contributed by atoms with Gasteiger partial charge in [-0.15, -0.1) is 0 Å². The van der Waals surface area contributed by atoms with Crippen LogP contribution in [0.2, 0.25) is 0 Å². The molecule has 6 nitrogen and oxygen atoms in total. The minimum absolute atomic E-state index is 0.258. The third-order valence-electron chi connectivity index (χ3n) is 4.10. The minimum Gasteiger partial charge on any atom is -0.486 e. The maximum Gasteiger partial charge on any atom is 0.274 e. The second kappa shape index (κ2) is 7.37. The number of aromatic nitrogens is 1. The van der Waals surface area contributed by atoms with E-state index in [1.165, 1.54) is 0 Å². The Morgan fingerprint density at radius 1 is 0.926 bits per heavy atom. The lowest BCUT2D eigenvalue weighted by Gasteiger charge is -2.19. The van der Waals surface area contributed by atoms with Gasteiger partial charge < -0.3 is 20.1 Å². The summed E-state index contributed by atoms with van der Waals surface area (Å²) in [6, 6.07) is 16.8. The fourth-order valence-electron chi connectivity index (χ4n) is 2.84. The molecule has 2 aromatic carbocycles. The zero-order valence-corrected chi connectivity index (χ0v) is 14.9. The van der Waals surface area contributed by atoms with Gasteiger partial charge >= 0.3 is 0 Å². The molecule has 0 saturated carbocycles. The summed E-state index contributed by atoms with van der Waals surface area (Å²) in [5, 5.41) is 6.13. The van der Waals surface area contributed by atoms with Crippen LogP contribution in [0, 0.1) is 6.92 Å². The molecule has 27 heavy (non-hydrogen) atoms. The predicted octanol–water partition coefficient (Wildman–Crippen LogP) is 4.16. The number of nitrogens with one attached hydrogen (secondary N) is 2. The molecule has 0 atom stereocenters. The Balaban J connectivity index is 1.49. The van der Waals surface area contributed by atoms with Gasteiger partial charge in [0.25, 0.3) is 5.91 Å². The summed E-state index contributed by atoms with van der Waals surface area (Å²) in [6.45, 7) is 3.07. The molecule has 0 saturated heterocycles. The molecular formula is C21H19N3O3. The summed E-state index contributed by atoms with van der Waals surface area (Å²) in [6.07, 6.45) is 1.60. The molecular weight excluding hydrogens is 342 g/mol. The number of hydrogen-bond acceptors (Lipinski definition) is 5. The van der Waals surface area contributed by atoms with Crippen LogP contribution < -0.4 is 20.1 Å². The van der Waals surface area contributed by atoms with Crippen LogP contribution in [0.25, 0.3) is 0 Å². The van der Waals surface area contributed by atoms with Gasteiger partial charge in [0, 0.05) is 29.3 Å². The summed E-state index contributed by atoms with van der Waals surface area (Å²) in [5.41, 5.74) is 3.76. The molecule has 6 heteroatoms. The van der Waals surface area contributed by atoms with Gasteiger partial charge in [-0.05, 0) is 48.9 Å². The number of rotatable bonds is 4. The van der Waals surface area contributed by atoms with Gasteiger partial charge in [0.15, 0.2) is 11.5 Å². The Bertz CT molecular complexity index is 988. The molecule has 1 amide bonds. The summed E-state index contributed by atoms with van der Waals surface area (Å²) in [7, 11) is 0. The highest BCUT2D eigenvalue weighted by Crippen LogP contribution is 2.33. The number of ether oxygens (including phenoxy) is 2. The third-order valence-corrected chi connectivity index (χ3v) is 4.10. The van der Waals surface area contributed by atoms with E-state index in [2.05, 4.69) is 15.6 Å². The van der Waals surface area contributed by atoms with Crippen LogP contribution in [0.3, 0.4) is 0 Å². The number of benzene rings is 2. The van der Waals surface area contributed by atoms with Crippen molar-refractivity contribution in [3.8, 4) is 11.5 Å². The van der Waals surface area contributed by atoms with E-state index < -0.39 is 0 Å². The molecule has 0 bridgehead atoms. The molecule has 2 heterocycles. The van der Waals surface area contributed by atoms with Gasteiger partial charge in [-0.2, -0.15) is 0 Å². The van der Waals surface area contributed by atoms with E-state index in [-0.39, 0.29) is 5.91 Å². The number of hydrogen-bond donors (Lipinski definition) is 2. The fourth-order valence-corrected chi connectivity index (χ4v) is 2.84. The van der Waals surface area contributed by atoms with Crippen LogP contribution in [-0.2, 0) is 0 Å². The highest BCUT2D eigenvalue weighted by Gasteiger charge is 2.13. The van der Waals surface area contributed by atoms with Crippen molar-refractivity contribution < 1.29 is 14.3 Å². The Morgan fingerprint density at radius 3 is 2.59 bits per heavy atom. The smallest absolute Gasteiger partial charge is 0.274 e. The Hall–Kier alpha value is -3.54. The molecule has 0 unspecified atom stereocenters. The molecule has 0 aliphatic carbocycles. The second-order valence-electron chi connectivity index (χ2n) is 6.24. The van der Waals surface area contributed by atoms with Crippen molar-refractivity contribution in [3.05, 3.63) is 72.1 Å². The molecule has 0 radical (unpaired) electrons. The lowest BCUT2D eigenvalue weighted by atomic mass is 10.2. The van der Waals surface area contributed by atoms with Crippen LogP contribution >= 0.6 is 0 Å². The Morgan fingerprint density at radius 2 is 1.74 bits per heavy atom. The SMILES string of the molecule is Cc1cccc(NC(=O)c2cc(Nc3ccc4c(c3)OCCO4)ccn2)c1. The number of carbonyl (C=O) groups excluding carboxylic acids is 1. The van der Waals surface area contributed by atoms with Crippen molar-refractivity contribution in [1.29, 1.82) is 0 Å². The first kappa shape index (κ1) is 16.9. The van der Waals surface area contributed by atoms with Crippen LogP contribution in [-0.4, -0.2) is 24.1 Å². The number of carbonyl (C=O) groups is 1. The number of anilines is 3. The second-order valence-corrected chi connectivity index (χ2v) is 6.24. The lowest BCUT2D eigenvalue weighted by molar-refractivity contribution is 0.102. The lowest BCUT2D eigenvalue weighted by Crippen LogP contribution is -2.15. The van der Waals surface area contributed by atoms with Gasteiger partial charge in [-0.1, -0.05) is 12.1 Å². The van der Waals surface area contributed by atoms with Gasteiger partial charge in [-0.3, -0.25) is 9.78 Å². The van der Waals surface area contributed by atoms with Gasteiger partial charge in [0.2, 0.25) is 0 Å². The van der Waals surface area contributed by atoms with E-state index in [0.29, 0.717) is 24.7 Å². The van der Waals surface area contributed by atoms with E-state index in [9.17, 15) is 4.79 Å². The number of nitrogens with zero attached hydrogens (tertiary/aromatic N) is 1. The Kier molecular flexibility index (Phi) is 4.61. The van der Waals surface area contributed by atoms with E-state index in [4.69, 9.17) is 9.47 Å². The van der Waals surface area contributed by atoms with Crippen molar-refractivity contribution >= 4 is 23.0 Å². The van der Waals surface area contributed by atoms with E-state index in [1.807, 2.05) is 49.4 Å². The predicted molar refractivity (Wildman–Crippen MR) is 104 cm³/mol. The number of amides is 1. The number of fused-ring (bicyclic) bond motifs is 1. The molecule has 2 N–H and O–H groups in total. The maximum absolute atomic E-state index is 12.5. The van der Waals surface area contributed by atoms with Crippen LogP contribution in [0.15, 0.2) is 60.8 Å².